The number of fused-ring (bicyclic) bond motifs is 6. The number of nitrogens with one attached hydrogen (secondary N) is 1. The molecule has 3 aromatic rings. The van der Waals surface area contributed by atoms with Crippen LogP contribution >= 0.6 is 0 Å². The molecule has 2 aromatic carbocycles. The average molecular weight is 833 g/mol. The molecular formula is C46H58F2N4O8. The van der Waals surface area contributed by atoms with Gasteiger partial charge in [0.25, 0.3) is 0 Å². The van der Waals surface area contributed by atoms with Crippen molar-refractivity contribution in [1.82, 2.24) is 14.8 Å². The molecule has 0 radical (unpaired) electrons. The van der Waals surface area contributed by atoms with Gasteiger partial charge in [-0.2, -0.15) is 0 Å². The summed E-state index contributed by atoms with van der Waals surface area (Å²) in [4.78, 5) is 51.8. The summed E-state index contributed by atoms with van der Waals surface area (Å²) >= 11 is 0. The Hall–Kier alpha value is -4.53. The first-order valence-electron chi connectivity index (χ1n) is 20.7. The number of anilines is 1. The molecule has 6 aliphatic rings. The van der Waals surface area contributed by atoms with E-state index in [4.69, 9.17) is 18.9 Å². The molecule has 2 saturated heterocycles. The second kappa shape index (κ2) is 14.5. The molecule has 0 amide bonds. The molecule has 1 spiro atoms. The number of benzene rings is 2. The molecule has 12 nitrogen and oxygen atoms in total. The van der Waals surface area contributed by atoms with Gasteiger partial charge in [-0.15, -0.1) is 0 Å². The highest BCUT2D eigenvalue weighted by Crippen LogP contribution is 2.68. The maximum absolute atomic E-state index is 15.4. The van der Waals surface area contributed by atoms with Crippen molar-refractivity contribution in [1.29, 1.82) is 0 Å². The standard InChI is InChI=1S/C45H54F2N4O8.CH4/c1-8-43-14-11-16-51-17-15-44(38(43)51)30-19-28(33(56-5)20-32(30)49(4)39(44)45(55,41(54)58-7)40(43)59-24(2)52)35-34(37(53)57-6)25-18-26(42(3,46)47)22-50(21-25)23-29-27-12-9-10-13-31(27)48-36(29)35;/h9-14,19-20,25-26,34-35,38-40,48,55H,8,15-18,21-23H2,1-7H3;1H4/t25-,26+,34-,35+,38+,39-,40-,43-,44-,45+;/m1./s1. The number of esters is 3. The molecular weight excluding hydrogens is 775 g/mol. The molecule has 6 heterocycles. The summed E-state index contributed by atoms with van der Waals surface area (Å²) in [5.41, 5.74) is 0.569. The van der Waals surface area contributed by atoms with Crippen LogP contribution in [0.5, 0.6) is 5.75 Å². The number of carbonyl (C=O) groups is 3. The van der Waals surface area contributed by atoms with Gasteiger partial charge in [-0.05, 0) is 61.9 Å². The van der Waals surface area contributed by atoms with Gasteiger partial charge in [-0.25, -0.2) is 13.6 Å². The lowest BCUT2D eigenvalue weighted by Gasteiger charge is -2.63. The molecule has 2 bridgehead atoms. The molecule has 3 fully saturated rings. The van der Waals surface area contributed by atoms with Crippen LogP contribution in [0.1, 0.15) is 75.8 Å². The Balaban J connectivity index is 0.00000499. The number of aliphatic hydroxyl groups is 1. The topological polar surface area (TPSA) is 134 Å². The zero-order valence-electron chi connectivity index (χ0n) is 34.7. The van der Waals surface area contributed by atoms with E-state index in [1.807, 2.05) is 61.4 Å². The highest BCUT2D eigenvalue weighted by molar-refractivity contribution is 5.88. The van der Waals surface area contributed by atoms with Crippen LogP contribution in [0.4, 0.5) is 14.5 Å². The van der Waals surface area contributed by atoms with Crippen LogP contribution in [-0.2, 0) is 40.6 Å². The summed E-state index contributed by atoms with van der Waals surface area (Å²) in [5, 5.41) is 14.2. The van der Waals surface area contributed by atoms with E-state index < -0.39 is 76.1 Å². The monoisotopic (exact) mass is 832 g/mol. The smallest absolute Gasteiger partial charge is 0.344 e. The fourth-order valence-corrected chi connectivity index (χ4v) is 13.2. The lowest BCUT2D eigenvalue weighted by molar-refractivity contribution is -0.228. The molecule has 1 unspecified atom stereocenters. The van der Waals surface area contributed by atoms with Crippen molar-refractivity contribution < 1.29 is 47.2 Å². The van der Waals surface area contributed by atoms with E-state index in [0.29, 0.717) is 50.3 Å². The zero-order valence-corrected chi connectivity index (χ0v) is 34.7. The summed E-state index contributed by atoms with van der Waals surface area (Å²) in [6.07, 6.45) is 3.87. The Labute approximate surface area is 350 Å². The van der Waals surface area contributed by atoms with Crippen LogP contribution in [0, 0.1) is 23.2 Å². The molecule has 2 N–H and O–H groups in total. The summed E-state index contributed by atoms with van der Waals surface area (Å²) in [6.45, 7) is 6.52. The number of hydrogen-bond acceptors (Lipinski definition) is 11. The maximum Gasteiger partial charge on any atom is 0.344 e. The first kappa shape index (κ1) is 42.2. The molecule has 60 heavy (non-hydrogen) atoms. The number of rotatable bonds is 7. The number of H-pyrrole nitrogens is 1. The van der Waals surface area contributed by atoms with Crippen molar-refractivity contribution in [3.63, 3.8) is 0 Å². The second-order valence-electron chi connectivity index (χ2n) is 17.9. The number of methoxy groups -OCH3 is 3. The minimum atomic E-state index is -2.98. The third-order valence-electron chi connectivity index (χ3n) is 15.3. The van der Waals surface area contributed by atoms with Crippen molar-refractivity contribution in [3.05, 3.63) is 70.9 Å². The third-order valence-corrected chi connectivity index (χ3v) is 15.3. The molecule has 1 aromatic heterocycles. The number of hydrogen-bond donors (Lipinski definition) is 2. The van der Waals surface area contributed by atoms with Gasteiger partial charge >= 0.3 is 17.9 Å². The SMILES string of the molecule is C.CC[C@]12C=CCN3CC[C@@]4(c5cc([C@@H]6c7[nH]c8ccccc8c7CN7C[C@@H](C[C@H](C(C)(F)F)C7)[C@H]6C(=O)OC)c(OC)cc5N(C)[C@H]4[C@@](O)(C(=O)OC)[C@@H]1OC(C)=O)[C@@H]32. The van der Waals surface area contributed by atoms with Crippen LogP contribution in [0.25, 0.3) is 10.9 Å². The van der Waals surface area contributed by atoms with Gasteiger partial charge in [0.05, 0.1) is 33.3 Å². The normalized spacial score (nSPS) is 35.2. The lowest BCUT2D eigenvalue weighted by atomic mass is 9.47. The first-order valence-corrected chi connectivity index (χ1v) is 20.7. The zero-order chi connectivity index (χ0) is 42.0. The Morgan fingerprint density at radius 2 is 1.82 bits per heavy atom. The van der Waals surface area contributed by atoms with Gasteiger partial charge < -0.3 is 33.9 Å². The lowest BCUT2D eigenvalue weighted by Crippen LogP contribution is -2.81. The number of aromatic nitrogens is 1. The Morgan fingerprint density at radius 3 is 2.48 bits per heavy atom. The predicted octanol–water partition coefficient (Wildman–Crippen LogP) is 5.79. The Kier molecular flexibility index (Phi) is 10.2. The quantitative estimate of drug-likeness (QED) is 0.171. The minimum Gasteiger partial charge on any atom is -0.496 e. The van der Waals surface area contributed by atoms with Gasteiger partial charge in [-0.3, -0.25) is 19.4 Å². The molecule has 1 aliphatic carbocycles. The molecule has 324 valence electrons. The van der Waals surface area contributed by atoms with Crippen LogP contribution in [0.15, 0.2) is 48.6 Å². The second-order valence-corrected chi connectivity index (χ2v) is 17.9. The van der Waals surface area contributed by atoms with Gasteiger partial charge in [0.15, 0.2) is 6.10 Å². The molecule has 5 aliphatic heterocycles. The maximum atomic E-state index is 15.4. The molecule has 1 saturated carbocycles. The van der Waals surface area contributed by atoms with Crippen LogP contribution in [0.3, 0.4) is 0 Å². The third kappa shape index (κ3) is 5.58. The number of para-hydroxylation sites is 1. The number of nitrogens with zero attached hydrogens (tertiary/aromatic N) is 3. The van der Waals surface area contributed by atoms with Crippen molar-refractivity contribution in [2.24, 2.45) is 23.2 Å². The summed E-state index contributed by atoms with van der Waals surface area (Å²) in [6, 6.07) is 10.6. The van der Waals surface area contributed by atoms with Crippen molar-refractivity contribution in [2.75, 3.05) is 59.5 Å². The van der Waals surface area contributed by atoms with E-state index in [0.717, 1.165) is 40.3 Å². The van der Waals surface area contributed by atoms with E-state index in [1.165, 1.54) is 21.1 Å². The minimum absolute atomic E-state index is 0. The van der Waals surface area contributed by atoms with Gasteiger partial charge in [0, 0.05) is 103 Å². The number of likely N-dealkylation sites (N-methyl/N-ethyl adjacent to an activating group) is 1. The number of halogens is 2. The number of piperidine rings is 1. The van der Waals surface area contributed by atoms with Crippen LogP contribution in [0.2, 0.25) is 0 Å². The van der Waals surface area contributed by atoms with E-state index in [9.17, 15) is 19.5 Å². The number of alkyl halides is 2. The highest BCUT2D eigenvalue weighted by Gasteiger charge is 2.80. The largest absolute Gasteiger partial charge is 0.496 e. The van der Waals surface area contributed by atoms with E-state index in [-0.39, 0.29) is 26.4 Å². The predicted molar refractivity (Wildman–Crippen MR) is 221 cm³/mol. The molecule has 14 heteroatoms. The Bertz CT molecular complexity index is 2260. The van der Waals surface area contributed by atoms with E-state index in [1.54, 1.807) is 7.11 Å². The van der Waals surface area contributed by atoms with Crippen molar-refractivity contribution >= 4 is 34.5 Å². The summed E-state index contributed by atoms with van der Waals surface area (Å²) < 4.78 is 54.2. The van der Waals surface area contributed by atoms with Crippen LogP contribution in [-0.4, -0.2) is 122 Å². The summed E-state index contributed by atoms with van der Waals surface area (Å²) in [5.74, 6) is -7.64. The molecule has 9 rings (SSSR count). The highest BCUT2D eigenvalue weighted by atomic mass is 19.3. The number of ether oxygens (including phenoxy) is 4. The van der Waals surface area contributed by atoms with Gasteiger partial charge in [-0.1, -0.05) is 44.7 Å². The van der Waals surface area contributed by atoms with Gasteiger partial charge in [0.1, 0.15) is 5.75 Å². The van der Waals surface area contributed by atoms with E-state index >= 15 is 8.78 Å². The number of aromatic amines is 1. The van der Waals surface area contributed by atoms with E-state index in [2.05, 4.69) is 20.9 Å². The summed E-state index contributed by atoms with van der Waals surface area (Å²) in [7, 11) is 5.98. The fraction of sp³-hybridized carbons (Fsp3) is 0.587. The average Bonchev–Trinajstić information content (AvgIpc) is 3.86. The van der Waals surface area contributed by atoms with Crippen molar-refractivity contribution in [3.8, 4) is 5.75 Å². The van der Waals surface area contributed by atoms with Crippen LogP contribution < -0.4 is 9.64 Å². The fourth-order valence-electron chi connectivity index (χ4n) is 13.2. The van der Waals surface area contributed by atoms with Crippen molar-refractivity contribution in [2.45, 2.75) is 95.0 Å². The van der Waals surface area contributed by atoms with Gasteiger partial charge in [0.2, 0.25) is 11.5 Å². The Morgan fingerprint density at radius 1 is 1.07 bits per heavy atom. The first-order chi connectivity index (χ1) is 28.1. The molecule has 11 atom stereocenters. The number of carbonyl (C=O) groups excluding carboxylic acids is 3.